The van der Waals surface area contributed by atoms with E-state index < -0.39 is 76.0 Å². The first kappa shape index (κ1) is 48.3. The zero-order valence-electron chi connectivity index (χ0n) is 38.6. The Morgan fingerprint density at radius 2 is 1.30 bits per heavy atom. The Bertz CT molecular complexity index is 2230. The molecule has 0 radical (unpaired) electrons. The molecular weight excluding hydrogens is 853 g/mol. The van der Waals surface area contributed by atoms with E-state index in [-0.39, 0.29) is 38.6 Å². The molecule has 1 unspecified atom stereocenters. The van der Waals surface area contributed by atoms with E-state index in [1.165, 1.54) is 0 Å². The van der Waals surface area contributed by atoms with Crippen molar-refractivity contribution in [2.75, 3.05) is 19.8 Å². The van der Waals surface area contributed by atoms with Gasteiger partial charge in [0.15, 0.2) is 27.2 Å². The van der Waals surface area contributed by atoms with Crippen LogP contribution in [0.3, 0.4) is 0 Å². The number of aliphatic hydroxyl groups is 1. The van der Waals surface area contributed by atoms with Crippen molar-refractivity contribution in [2.24, 2.45) is 0 Å². The molecule has 352 valence electrons. The summed E-state index contributed by atoms with van der Waals surface area (Å²) in [6.45, 7) is 14.0. The minimum atomic E-state index is -2.52. The fourth-order valence-electron chi connectivity index (χ4n) is 9.39. The van der Waals surface area contributed by atoms with Gasteiger partial charge in [0.05, 0.1) is 39.6 Å². The number of ether oxygens (including phenoxy) is 9. The van der Waals surface area contributed by atoms with E-state index in [4.69, 9.17) is 47.1 Å². The van der Waals surface area contributed by atoms with Crippen molar-refractivity contribution in [3.63, 3.8) is 0 Å². The summed E-state index contributed by atoms with van der Waals surface area (Å²) in [6, 6.07) is 46.1. The molecule has 3 fully saturated rings. The van der Waals surface area contributed by atoms with Crippen molar-refractivity contribution >= 4 is 19.1 Å². The lowest BCUT2D eigenvalue weighted by atomic mass is 9.95. The Kier molecular flexibility index (Phi) is 17.0. The summed E-state index contributed by atoms with van der Waals surface area (Å²) in [5, 5.41) is 14.4. The molecule has 5 aromatic carbocycles. The molecule has 0 spiro atoms. The van der Waals surface area contributed by atoms with E-state index in [0.717, 1.165) is 45.1 Å². The molecule has 0 saturated carbocycles. The van der Waals surface area contributed by atoms with Crippen molar-refractivity contribution in [2.45, 2.75) is 133 Å². The van der Waals surface area contributed by atoms with Gasteiger partial charge in [0.2, 0.25) is 0 Å². The summed E-state index contributed by atoms with van der Waals surface area (Å²) < 4.78 is 68.3. The van der Waals surface area contributed by atoms with Gasteiger partial charge in [0.1, 0.15) is 48.8 Å². The second-order valence-electron chi connectivity index (χ2n) is 17.7. The lowest BCUT2D eigenvalue weighted by Gasteiger charge is -2.53. The summed E-state index contributed by atoms with van der Waals surface area (Å²) in [5.74, 6) is 0. The third-order valence-corrected chi connectivity index (χ3v) is 18.4. The first-order valence-electron chi connectivity index (χ1n) is 23.5. The molecule has 1 N–H and O–H groups in total. The average molecular weight is 919 g/mol. The molecule has 5 aromatic rings. The normalized spacial score (nSPS) is 28.0. The molecule has 0 bridgehead atoms. The van der Waals surface area contributed by atoms with Gasteiger partial charge in [-0.25, -0.2) is 0 Å². The van der Waals surface area contributed by atoms with E-state index in [0.29, 0.717) is 6.61 Å². The highest BCUT2D eigenvalue weighted by atomic mass is 28.4. The molecule has 12 heteroatoms. The predicted molar refractivity (Wildman–Crippen MR) is 255 cm³/mol. The topological polar surface area (TPSA) is 113 Å². The largest absolute Gasteiger partial charge is 0.406 e. The highest BCUT2D eigenvalue weighted by Gasteiger charge is 2.57. The van der Waals surface area contributed by atoms with Crippen molar-refractivity contribution in [1.29, 1.82) is 0 Å². The van der Waals surface area contributed by atoms with E-state index >= 15 is 0 Å². The molecule has 8 rings (SSSR count). The molecule has 3 aliphatic rings. The van der Waals surface area contributed by atoms with Crippen molar-refractivity contribution in [1.82, 2.24) is 0 Å². The van der Waals surface area contributed by atoms with Crippen molar-refractivity contribution < 1.29 is 52.2 Å². The van der Waals surface area contributed by atoms with Crippen LogP contribution in [0.5, 0.6) is 0 Å². The number of rotatable bonds is 21. The Balaban J connectivity index is 1.18. The molecule has 0 aromatic heterocycles. The zero-order valence-corrected chi connectivity index (χ0v) is 39.6. The Morgan fingerprint density at radius 3 is 1.98 bits per heavy atom. The summed E-state index contributed by atoms with van der Waals surface area (Å²) in [5.41, 5.74) is 4.09. The van der Waals surface area contributed by atoms with Crippen LogP contribution in [0, 0.1) is 0 Å². The van der Waals surface area contributed by atoms with Gasteiger partial charge < -0.3 is 52.2 Å². The Hall–Kier alpha value is -4.12. The minimum absolute atomic E-state index is 0.0944. The lowest BCUT2D eigenvalue weighted by molar-refractivity contribution is -0.389. The summed E-state index contributed by atoms with van der Waals surface area (Å²) in [6.07, 6.45) is -7.71. The van der Waals surface area contributed by atoms with Gasteiger partial charge in [-0.2, -0.15) is 0 Å². The molecular formula is C54H66O11Si. The molecule has 66 heavy (non-hydrogen) atoms. The fourth-order valence-corrected chi connectivity index (χ4v) is 12.9. The monoisotopic (exact) mass is 918 g/mol. The van der Waals surface area contributed by atoms with Gasteiger partial charge in [-0.3, -0.25) is 0 Å². The molecule has 0 aliphatic carbocycles. The maximum Gasteiger partial charge on any atom is 0.195 e. The fraction of sp³-hybridized carbons (Fsp3) is 0.444. The maximum absolute atomic E-state index is 12.2. The van der Waals surface area contributed by atoms with Crippen LogP contribution in [0.1, 0.15) is 56.2 Å². The van der Waals surface area contributed by atoms with Crippen LogP contribution in [-0.4, -0.2) is 94.7 Å². The van der Waals surface area contributed by atoms with Crippen LogP contribution in [0.4, 0.5) is 0 Å². The first-order chi connectivity index (χ1) is 32.3. The van der Waals surface area contributed by atoms with Crippen LogP contribution in [0.25, 0.3) is 10.8 Å². The third kappa shape index (κ3) is 11.6. The molecule has 3 saturated heterocycles. The van der Waals surface area contributed by atoms with Crippen LogP contribution < -0.4 is 0 Å². The highest BCUT2D eigenvalue weighted by molar-refractivity contribution is 6.75. The average Bonchev–Trinajstić information content (AvgIpc) is 3.36. The molecule has 11 nitrogen and oxygen atoms in total. The maximum atomic E-state index is 12.2. The molecule has 3 heterocycles. The standard InChI is InChI=1S/C54H66O11Si/c1-6-30-57-53-46(55)49(58-33-39-22-14-10-15-23-39)47(44(61-53)35-56-32-38-20-12-9-13-21-38)64-54-51(65-66(7-2,8-3)37(4)5)50(59-34-40-28-29-41-24-18-19-27-43(41)31-40)48-45(62-54)36-60-52(63-48)42-25-16-11-17-26-42/h6,9-29,31,37,44-55H,1,7-8,30,32-36H2,2-5H3/t44-,45-,46+,47-,48-,49-,50+,51+,52?,53+,54+/m1/s1. The van der Waals surface area contributed by atoms with E-state index in [2.05, 4.69) is 64.6 Å². The zero-order chi connectivity index (χ0) is 45.9. The Morgan fingerprint density at radius 1 is 0.667 bits per heavy atom. The smallest absolute Gasteiger partial charge is 0.195 e. The quantitative estimate of drug-likeness (QED) is 0.0561. The van der Waals surface area contributed by atoms with Crippen molar-refractivity contribution in [3.05, 3.63) is 168 Å². The number of hydrogen-bond acceptors (Lipinski definition) is 11. The predicted octanol–water partition coefficient (Wildman–Crippen LogP) is 9.82. The SMILES string of the molecule is C=CCO[C@H]1O[C@H](COCc2ccccc2)[C@@H](O[C@@H]2O[C@@H]3COC(c4ccccc4)O[C@H]3[C@H](OCc3ccc4ccccc4c3)[C@@H]2O[Si](CC)(CC)C(C)C)[C@H](OCc2ccccc2)[C@@H]1O. The van der Waals surface area contributed by atoms with Gasteiger partial charge in [-0.15, -0.1) is 6.58 Å². The van der Waals surface area contributed by atoms with Gasteiger partial charge in [-0.05, 0) is 51.2 Å². The molecule has 11 atom stereocenters. The number of aliphatic hydroxyl groups excluding tert-OH is 1. The molecule has 0 amide bonds. The third-order valence-electron chi connectivity index (χ3n) is 13.2. The van der Waals surface area contributed by atoms with E-state index in [1.807, 2.05) is 103 Å². The van der Waals surface area contributed by atoms with Gasteiger partial charge in [-0.1, -0.05) is 161 Å². The van der Waals surface area contributed by atoms with Crippen LogP contribution in [0.15, 0.2) is 146 Å². The van der Waals surface area contributed by atoms with E-state index in [9.17, 15) is 5.11 Å². The first-order valence-corrected chi connectivity index (χ1v) is 25.9. The van der Waals surface area contributed by atoms with Crippen LogP contribution >= 0.6 is 0 Å². The van der Waals surface area contributed by atoms with E-state index in [1.54, 1.807) is 6.08 Å². The minimum Gasteiger partial charge on any atom is -0.406 e. The number of hydrogen-bond donors (Lipinski definition) is 1. The Labute approximate surface area is 390 Å². The highest BCUT2D eigenvalue weighted by Crippen LogP contribution is 2.42. The number of fused-ring (bicyclic) bond motifs is 2. The summed E-state index contributed by atoms with van der Waals surface area (Å²) in [4.78, 5) is 0. The van der Waals surface area contributed by atoms with Gasteiger partial charge in [0, 0.05) is 5.56 Å². The molecule has 3 aliphatic heterocycles. The van der Waals surface area contributed by atoms with Gasteiger partial charge in [0.25, 0.3) is 0 Å². The summed E-state index contributed by atoms with van der Waals surface area (Å²) >= 11 is 0. The second kappa shape index (κ2) is 23.3. The second-order valence-corrected chi connectivity index (χ2v) is 22.6. The van der Waals surface area contributed by atoms with Crippen molar-refractivity contribution in [3.8, 4) is 0 Å². The van der Waals surface area contributed by atoms with Crippen LogP contribution in [0.2, 0.25) is 17.6 Å². The summed E-state index contributed by atoms with van der Waals surface area (Å²) in [7, 11) is -2.52. The lowest BCUT2D eigenvalue weighted by Crippen LogP contribution is -2.68. The van der Waals surface area contributed by atoms with Crippen LogP contribution in [-0.2, 0) is 66.9 Å². The van der Waals surface area contributed by atoms with Gasteiger partial charge >= 0.3 is 0 Å². The number of benzene rings is 5.